The van der Waals surface area contributed by atoms with E-state index in [1.165, 1.54) is 39.3 Å². The first kappa shape index (κ1) is 24.4. The van der Waals surface area contributed by atoms with Gasteiger partial charge in [0.1, 0.15) is 0 Å². The summed E-state index contributed by atoms with van der Waals surface area (Å²) in [4.78, 5) is 20.6. The third-order valence-electron chi connectivity index (χ3n) is 7.27. The minimum Gasteiger partial charge on any atom is -0.367 e. The SMILES string of the molecule is CCc1c[nH]cc1CN(CCc1c[nH]c2cc(Cl)ccc12)C1CCc2cc(/C=C/C(=O)NO)ccc21. The van der Waals surface area contributed by atoms with Crippen LogP contribution < -0.4 is 5.48 Å². The molecule has 186 valence electrons. The molecule has 6 nitrogen and oxygen atoms in total. The van der Waals surface area contributed by atoms with Gasteiger partial charge in [0.25, 0.3) is 5.91 Å². The highest BCUT2D eigenvalue weighted by Crippen LogP contribution is 2.38. The minimum atomic E-state index is -0.530. The Morgan fingerprint density at radius 3 is 2.86 bits per heavy atom. The predicted octanol–water partition coefficient (Wildman–Crippen LogP) is 5.96. The van der Waals surface area contributed by atoms with Crippen LogP contribution in [0.2, 0.25) is 5.02 Å². The van der Waals surface area contributed by atoms with Crippen molar-refractivity contribution in [2.24, 2.45) is 0 Å². The van der Waals surface area contributed by atoms with Crippen LogP contribution in [0.3, 0.4) is 0 Å². The van der Waals surface area contributed by atoms with E-state index in [1.54, 1.807) is 11.6 Å². The smallest absolute Gasteiger partial charge is 0.267 e. The number of carbonyl (C=O) groups excluding carboxylic acids is 1. The lowest BCUT2D eigenvalue weighted by atomic mass is 10.0. The van der Waals surface area contributed by atoms with Gasteiger partial charge in [0.05, 0.1) is 0 Å². The number of H-pyrrole nitrogens is 2. The number of rotatable bonds is 9. The second-order valence-electron chi connectivity index (χ2n) is 9.41. The van der Waals surface area contributed by atoms with Gasteiger partial charge in [0.2, 0.25) is 0 Å². The van der Waals surface area contributed by atoms with Gasteiger partial charge in [-0.2, -0.15) is 0 Å². The molecule has 4 aromatic rings. The molecule has 4 N–H and O–H groups in total. The van der Waals surface area contributed by atoms with E-state index < -0.39 is 5.91 Å². The summed E-state index contributed by atoms with van der Waals surface area (Å²) in [6.07, 6.45) is 13.4. The summed E-state index contributed by atoms with van der Waals surface area (Å²) in [5, 5.41) is 10.7. The van der Waals surface area contributed by atoms with Gasteiger partial charge in [-0.05, 0) is 77.3 Å². The normalized spacial score (nSPS) is 15.3. The van der Waals surface area contributed by atoms with Crippen LogP contribution in [0.15, 0.2) is 61.1 Å². The largest absolute Gasteiger partial charge is 0.367 e. The number of carbonyl (C=O) groups is 1. The van der Waals surface area contributed by atoms with Crippen molar-refractivity contribution in [1.29, 1.82) is 0 Å². The molecular formula is C29H31ClN4O2. The summed E-state index contributed by atoms with van der Waals surface area (Å²) >= 11 is 6.18. The monoisotopic (exact) mass is 502 g/mol. The highest BCUT2D eigenvalue weighted by Gasteiger charge is 2.28. The maximum Gasteiger partial charge on any atom is 0.267 e. The van der Waals surface area contributed by atoms with Crippen LogP contribution >= 0.6 is 11.6 Å². The van der Waals surface area contributed by atoms with E-state index in [-0.39, 0.29) is 0 Å². The van der Waals surface area contributed by atoms with Gasteiger partial charge in [0, 0.05) is 59.7 Å². The third-order valence-corrected chi connectivity index (χ3v) is 7.51. The van der Waals surface area contributed by atoms with Gasteiger partial charge in [-0.15, -0.1) is 0 Å². The molecule has 1 aliphatic carbocycles. The Hall–Kier alpha value is -3.32. The number of amides is 1. The van der Waals surface area contributed by atoms with Crippen molar-refractivity contribution in [2.45, 2.75) is 45.2 Å². The van der Waals surface area contributed by atoms with E-state index >= 15 is 0 Å². The molecule has 0 aliphatic heterocycles. The number of halogens is 1. The van der Waals surface area contributed by atoms with Crippen molar-refractivity contribution in [2.75, 3.05) is 6.54 Å². The van der Waals surface area contributed by atoms with Gasteiger partial charge in [-0.1, -0.05) is 42.8 Å². The summed E-state index contributed by atoms with van der Waals surface area (Å²) in [6.45, 7) is 4.03. The van der Waals surface area contributed by atoms with Crippen molar-refractivity contribution in [3.63, 3.8) is 0 Å². The molecule has 1 aliphatic rings. The quantitative estimate of drug-likeness (QED) is 0.129. The molecule has 5 rings (SSSR count). The number of benzene rings is 2. The van der Waals surface area contributed by atoms with Gasteiger partial charge in [-0.25, -0.2) is 5.48 Å². The van der Waals surface area contributed by atoms with E-state index in [2.05, 4.69) is 58.6 Å². The lowest BCUT2D eigenvalue weighted by molar-refractivity contribution is -0.124. The first-order valence-electron chi connectivity index (χ1n) is 12.4. The van der Waals surface area contributed by atoms with Gasteiger partial charge in [-0.3, -0.25) is 14.9 Å². The van der Waals surface area contributed by atoms with E-state index in [0.29, 0.717) is 6.04 Å². The lowest BCUT2D eigenvalue weighted by Crippen LogP contribution is -2.29. The van der Waals surface area contributed by atoms with E-state index in [0.717, 1.165) is 54.9 Å². The molecular weight excluding hydrogens is 472 g/mol. The highest BCUT2D eigenvalue weighted by atomic mass is 35.5. The highest BCUT2D eigenvalue weighted by molar-refractivity contribution is 6.31. The Labute approximate surface area is 215 Å². The Morgan fingerprint density at radius 2 is 2.03 bits per heavy atom. The number of nitrogens with zero attached hydrogens (tertiary/aromatic N) is 1. The Morgan fingerprint density at radius 1 is 1.17 bits per heavy atom. The van der Waals surface area contributed by atoms with Crippen LogP contribution in [0.5, 0.6) is 0 Å². The van der Waals surface area contributed by atoms with Crippen LogP contribution in [0.1, 0.15) is 52.8 Å². The van der Waals surface area contributed by atoms with Crippen LogP contribution in [0.25, 0.3) is 17.0 Å². The molecule has 0 fully saturated rings. The third kappa shape index (κ3) is 5.12. The minimum absolute atomic E-state index is 0.332. The fraction of sp³-hybridized carbons (Fsp3) is 0.276. The molecule has 0 radical (unpaired) electrons. The fourth-order valence-corrected chi connectivity index (χ4v) is 5.58. The summed E-state index contributed by atoms with van der Waals surface area (Å²) in [5.74, 6) is -0.530. The first-order valence-corrected chi connectivity index (χ1v) is 12.8. The van der Waals surface area contributed by atoms with Crippen LogP contribution in [-0.2, 0) is 30.6 Å². The topological polar surface area (TPSA) is 84.2 Å². The summed E-state index contributed by atoms with van der Waals surface area (Å²) in [7, 11) is 0. The zero-order valence-corrected chi connectivity index (χ0v) is 21.1. The predicted molar refractivity (Wildman–Crippen MR) is 144 cm³/mol. The molecule has 2 heterocycles. The number of hydrogen-bond acceptors (Lipinski definition) is 3. The molecule has 1 unspecified atom stereocenters. The molecule has 0 saturated heterocycles. The standard InChI is InChI=1S/C29H31ClN4O2/c1-2-20-15-31-16-23(20)18-34(12-11-22-17-32-27-14-24(30)6-8-25(22)27)28-9-5-21-13-19(3-7-26(21)28)4-10-29(35)33-36/h3-4,6-8,10,13-17,28,31-32,36H,2,5,9,11-12,18H2,1H3,(H,33,35)/b10-4+. The first-order chi connectivity index (χ1) is 17.6. The van der Waals surface area contributed by atoms with Gasteiger partial charge < -0.3 is 9.97 Å². The average Bonchev–Trinajstić information content (AvgIpc) is 3.62. The fourth-order valence-electron chi connectivity index (χ4n) is 5.40. The molecule has 0 saturated carbocycles. The number of fused-ring (bicyclic) bond motifs is 2. The Balaban J connectivity index is 1.40. The number of aromatic amines is 2. The van der Waals surface area contributed by atoms with E-state index in [4.69, 9.17) is 16.8 Å². The van der Waals surface area contributed by atoms with Gasteiger partial charge in [0.15, 0.2) is 0 Å². The Bertz CT molecular complexity index is 1400. The number of aromatic nitrogens is 2. The van der Waals surface area contributed by atoms with E-state index in [9.17, 15) is 4.79 Å². The number of aryl methyl sites for hydroxylation is 2. The number of nitrogens with one attached hydrogen (secondary N) is 3. The molecule has 2 aromatic heterocycles. The molecule has 2 aromatic carbocycles. The molecule has 1 amide bonds. The van der Waals surface area contributed by atoms with Gasteiger partial charge >= 0.3 is 0 Å². The molecule has 7 heteroatoms. The molecule has 0 bridgehead atoms. The second-order valence-corrected chi connectivity index (χ2v) is 9.84. The van der Waals surface area contributed by atoms with Crippen LogP contribution in [0, 0.1) is 0 Å². The maximum absolute atomic E-state index is 11.4. The summed E-state index contributed by atoms with van der Waals surface area (Å²) in [5.41, 5.74) is 10.4. The molecule has 0 spiro atoms. The average molecular weight is 503 g/mol. The zero-order valence-electron chi connectivity index (χ0n) is 20.4. The molecule has 1 atom stereocenters. The number of hydrogen-bond donors (Lipinski definition) is 4. The lowest BCUT2D eigenvalue weighted by Gasteiger charge is -2.30. The Kier molecular flexibility index (Phi) is 7.28. The van der Waals surface area contributed by atoms with Crippen molar-refractivity contribution in [3.05, 3.63) is 99.5 Å². The van der Waals surface area contributed by atoms with Crippen LogP contribution in [-0.4, -0.2) is 32.5 Å². The van der Waals surface area contributed by atoms with E-state index in [1.807, 2.05) is 18.2 Å². The van der Waals surface area contributed by atoms with Crippen LogP contribution in [0.4, 0.5) is 0 Å². The number of hydroxylamine groups is 1. The van der Waals surface area contributed by atoms with Crippen molar-refractivity contribution in [1.82, 2.24) is 20.3 Å². The van der Waals surface area contributed by atoms with Crippen molar-refractivity contribution in [3.8, 4) is 0 Å². The summed E-state index contributed by atoms with van der Waals surface area (Å²) in [6, 6.07) is 12.8. The van der Waals surface area contributed by atoms with Crippen molar-refractivity contribution >= 4 is 34.5 Å². The maximum atomic E-state index is 11.4. The zero-order chi connectivity index (χ0) is 25.1. The molecule has 36 heavy (non-hydrogen) atoms. The second kappa shape index (κ2) is 10.7. The summed E-state index contributed by atoms with van der Waals surface area (Å²) < 4.78 is 0. The van der Waals surface area contributed by atoms with Crippen molar-refractivity contribution < 1.29 is 10.0 Å².